The standard InChI is InChI=1S/C17H18N2O2/c1-11-3-5-13-6-7-15(14(13)9-11)18-16-10-12(2)4-8-17(16)19(20)21/h3-5,8-10,15,18H,6-7H2,1-2H3. The van der Waals surface area contributed by atoms with Gasteiger partial charge >= 0.3 is 0 Å². The fourth-order valence-electron chi connectivity index (χ4n) is 2.98. The van der Waals surface area contributed by atoms with Crippen LogP contribution >= 0.6 is 0 Å². The number of fused-ring (bicyclic) bond motifs is 1. The van der Waals surface area contributed by atoms with Gasteiger partial charge in [0.25, 0.3) is 5.69 Å². The molecule has 3 rings (SSSR count). The van der Waals surface area contributed by atoms with Gasteiger partial charge in [0.05, 0.1) is 11.0 Å². The maximum absolute atomic E-state index is 11.2. The summed E-state index contributed by atoms with van der Waals surface area (Å²) in [7, 11) is 0. The van der Waals surface area contributed by atoms with Gasteiger partial charge < -0.3 is 5.32 Å². The highest BCUT2D eigenvalue weighted by atomic mass is 16.6. The van der Waals surface area contributed by atoms with Gasteiger partial charge in [-0.2, -0.15) is 0 Å². The highest BCUT2D eigenvalue weighted by molar-refractivity contribution is 5.64. The highest BCUT2D eigenvalue weighted by Crippen LogP contribution is 2.37. The highest BCUT2D eigenvalue weighted by Gasteiger charge is 2.24. The first-order valence-electron chi connectivity index (χ1n) is 7.15. The van der Waals surface area contributed by atoms with Gasteiger partial charge in [-0.1, -0.05) is 29.8 Å². The van der Waals surface area contributed by atoms with Crippen molar-refractivity contribution in [2.45, 2.75) is 32.7 Å². The maximum atomic E-state index is 11.2. The van der Waals surface area contributed by atoms with Crippen molar-refractivity contribution in [1.29, 1.82) is 0 Å². The molecule has 1 aliphatic rings. The van der Waals surface area contributed by atoms with Crippen molar-refractivity contribution in [3.05, 3.63) is 68.8 Å². The summed E-state index contributed by atoms with van der Waals surface area (Å²) in [6, 6.07) is 11.8. The molecular weight excluding hydrogens is 264 g/mol. The van der Waals surface area contributed by atoms with Crippen molar-refractivity contribution in [1.82, 2.24) is 0 Å². The van der Waals surface area contributed by atoms with Crippen LogP contribution < -0.4 is 5.32 Å². The third-order valence-corrected chi connectivity index (χ3v) is 4.06. The molecule has 0 spiro atoms. The zero-order valence-electron chi connectivity index (χ0n) is 12.2. The molecule has 0 aromatic heterocycles. The Morgan fingerprint density at radius 3 is 2.62 bits per heavy atom. The second-order valence-corrected chi connectivity index (χ2v) is 5.72. The fraction of sp³-hybridized carbons (Fsp3) is 0.294. The SMILES string of the molecule is Cc1ccc([N+](=O)[O-])c(NC2CCc3ccc(C)cc32)c1. The molecule has 1 unspecified atom stereocenters. The summed E-state index contributed by atoms with van der Waals surface area (Å²) in [5.41, 5.74) is 5.60. The summed E-state index contributed by atoms with van der Waals surface area (Å²) in [5.74, 6) is 0. The predicted molar refractivity (Wildman–Crippen MR) is 83.7 cm³/mol. The third-order valence-electron chi connectivity index (χ3n) is 4.06. The quantitative estimate of drug-likeness (QED) is 0.674. The molecule has 0 saturated heterocycles. The van der Waals surface area contributed by atoms with E-state index in [9.17, 15) is 10.1 Å². The van der Waals surface area contributed by atoms with Crippen LogP contribution in [0.15, 0.2) is 36.4 Å². The van der Waals surface area contributed by atoms with E-state index in [0.29, 0.717) is 5.69 Å². The van der Waals surface area contributed by atoms with E-state index in [4.69, 9.17) is 0 Å². The minimum atomic E-state index is -0.326. The minimum Gasteiger partial charge on any atom is -0.373 e. The van der Waals surface area contributed by atoms with E-state index in [1.165, 1.54) is 16.7 Å². The van der Waals surface area contributed by atoms with Gasteiger partial charge in [0.2, 0.25) is 0 Å². The van der Waals surface area contributed by atoms with Crippen LogP contribution in [-0.2, 0) is 6.42 Å². The lowest BCUT2D eigenvalue weighted by molar-refractivity contribution is -0.384. The monoisotopic (exact) mass is 282 g/mol. The number of nitro groups is 1. The van der Waals surface area contributed by atoms with Crippen molar-refractivity contribution >= 4 is 11.4 Å². The Hall–Kier alpha value is -2.36. The molecule has 1 aliphatic carbocycles. The Morgan fingerprint density at radius 1 is 1.14 bits per heavy atom. The van der Waals surface area contributed by atoms with Crippen molar-refractivity contribution < 1.29 is 4.92 Å². The first kappa shape index (κ1) is 13.6. The molecular formula is C17H18N2O2. The molecule has 0 saturated carbocycles. The molecule has 0 radical (unpaired) electrons. The number of nitrogens with zero attached hydrogens (tertiary/aromatic N) is 1. The Labute approximate surface area is 124 Å². The van der Waals surface area contributed by atoms with Crippen LogP contribution in [0.1, 0.15) is 34.7 Å². The molecule has 108 valence electrons. The molecule has 0 heterocycles. The summed E-state index contributed by atoms with van der Waals surface area (Å²) in [6.07, 6.45) is 2.00. The van der Waals surface area contributed by atoms with Gasteiger partial charge in [0.1, 0.15) is 5.69 Å². The first-order valence-corrected chi connectivity index (χ1v) is 7.15. The number of hydrogen-bond donors (Lipinski definition) is 1. The van der Waals surface area contributed by atoms with Crippen LogP contribution in [0.25, 0.3) is 0 Å². The Kier molecular flexibility index (Phi) is 3.37. The summed E-state index contributed by atoms with van der Waals surface area (Å²) >= 11 is 0. The largest absolute Gasteiger partial charge is 0.373 e. The average Bonchev–Trinajstić information content (AvgIpc) is 2.81. The van der Waals surface area contributed by atoms with Gasteiger partial charge in [-0.3, -0.25) is 10.1 Å². The average molecular weight is 282 g/mol. The van der Waals surface area contributed by atoms with Crippen LogP contribution in [0.2, 0.25) is 0 Å². The number of nitro benzene ring substituents is 1. The van der Waals surface area contributed by atoms with E-state index in [-0.39, 0.29) is 16.7 Å². The lowest BCUT2D eigenvalue weighted by Gasteiger charge is -2.16. The van der Waals surface area contributed by atoms with Gasteiger partial charge in [-0.25, -0.2) is 0 Å². The molecule has 0 amide bonds. The van der Waals surface area contributed by atoms with Crippen LogP contribution in [0.5, 0.6) is 0 Å². The number of benzene rings is 2. The molecule has 4 heteroatoms. The lowest BCUT2D eigenvalue weighted by atomic mass is 10.0. The lowest BCUT2D eigenvalue weighted by Crippen LogP contribution is -2.09. The number of aryl methyl sites for hydroxylation is 3. The molecule has 1 N–H and O–H groups in total. The van der Waals surface area contributed by atoms with Gasteiger partial charge in [-0.15, -0.1) is 0 Å². The Bertz CT molecular complexity index is 710. The maximum Gasteiger partial charge on any atom is 0.292 e. The van der Waals surface area contributed by atoms with E-state index < -0.39 is 0 Å². The molecule has 21 heavy (non-hydrogen) atoms. The van der Waals surface area contributed by atoms with E-state index >= 15 is 0 Å². The fourth-order valence-corrected chi connectivity index (χ4v) is 2.98. The van der Waals surface area contributed by atoms with Crippen LogP contribution in [0, 0.1) is 24.0 Å². The zero-order valence-corrected chi connectivity index (χ0v) is 12.2. The molecule has 0 fully saturated rings. The second kappa shape index (κ2) is 5.20. The molecule has 4 nitrogen and oxygen atoms in total. The topological polar surface area (TPSA) is 55.2 Å². The van der Waals surface area contributed by atoms with Gasteiger partial charge in [0, 0.05) is 6.07 Å². The van der Waals surface area contributed by atoms with Crippen LogP contribution in [0.3, 0.4) is 0 Å². The smallest absolute Gasteiger partial charge is 0.292 e. The van der Waals surface area contributed by atoms with Crippen molar-refractivity contribution in [2.24, 2.45) is 0 Å². The Morgan fingerprint density at radius 2 is 1.86 bits per heavy atom. The van der Waals surface area contributed by atoms with Gasteiger partial charge in [0.15, 0.2) is 0 Å². The van der Waals surface area contributed by atoms with Crippen LogP contribution in [-0.4, -0.2) is 4.92 Å². The van der Waals surface area contributed by atoms with Gasteiger partial charge in [-0.05, 0) is 49.4 Å². The van der Waals surface area contributed by atoms with Crippen molar-refractivity contribution in [2.75, 3.05) is 5.32 Å². The molecule has 0 aliphatic heterocycles. The second-order valence-electron chi connectivity index (χ2n) is 5.72. The Balaban J connectivity index is 1.94. The number of hydrogen-bond acceptors (Lipinski definition) is 3. The van der Waals surface area contributed by atoms with E-state index in [2.05, 4.69) is 30.4 Å². The molecule has 2 aromatic carbocycles. The summed E-state index contributed by atoms with van der Waals surface area (Å²) in [5, 5.41) is 14.5. The molecule has 1 atom stereocenters. The normalized spacial score (nSPS) is 16.6. The third kappa shape index (κ3) is 2.61. The van der Waals surface area contributed by atoms with Crippen molar-refractivity contribution in [3.63, 3.8) is 0 Å². The predicted octanol–water partition coefficient (Wildman–Crippen LogP) is 4.31. The molecule has 0 bridgehead atoms. The molecule has 2 aromatic rings. The number of anilines is 1. The zero-order chi connectivity index (χ0) is 15.0. The number of nitrogens with one attached hydrogen (secondary N) is 1. The first-order chi connectivity index (χ1) is 10.0. The van der Waals surface area contributed by atoms with E-state index in [0.717, 1.165) is 18.4 Å². The minimum absolute atomic E-state index is 0.140. The summed E-state index contributed by atoms with van der Waals surface area (Å²) in [4.78, 5) is 10.8. The van der Waals surface area contributed by atoms with Crippen LogP contribution in [0.4, 0.5) is 11.4 Å². The number of rotatable bonds is 3. The summed E-state index contributed by atoms with van der Waals surface area (Å²) < 4.78 is 0. The van der Waals surface area contributed by atoms with Crippen molar-refractivity contribution in [3.8, 4) is 0 Å². The summed E-state index contributed by atoms with van der Waals surface area (Å²) in [6.45, 7) is 4.02. The van der Waals surface area contributed by atoms with E-state index in [1.807, 2.05) is 13.0 Å². The van der Waals surface area contributed by atoms with E-state index in [1.54, 1.807) is 12.1 Å².